The number of benzene rings is 2. The van der Waals surface area contributed by atoms with Gasteiger partial charge in [0.2, 0.25) is 0 Å². The molecule has 2 aliphatic rings. The maximum atomic E-state index is 12.9. The van der Waals surface area contributed by atoms with Crippen molar-refractivity contribution in [3.8, 4) is 0 Å². The van der Waals surface area contributed by atoms with Crippen molar-refractivity contribution in [2.45, 2.75) is 13.0 Å². The highest BCUT2D eigenvalue weighted by molar-refractivity contribution is 6.31. The first-order valence-electron chi connectivity index (χ1n) is 10.8. The minimum absolute atomic E-state index is 0.245. The van der Waals surface area contributed by atoms with Crippen LogP contribution in [0.1, 0.15) is 18.5 Å². The number of carbonyl (C=O) groups is 2. The van der Waals surface area contributed by atoms with Gasteiger partial charge in [-0.15, -0.1) is 0 Å². The fraction of sp³-hybridized carbons (Fsp3) is 0.333. The molecule has 0 bridgehead atoms. The van der Waals surface area contributed by atoms with Crippen LogP contribution in [0.2, 0.25) is 5.02 Å². The molecule has 0 aromatic heterocycles. The van der Waals surface area contributed by atoms with Crippen LogP contribution in [0.4, 0.5) is 10.5 Å². The lowest BCUT2D eigenvalue weighted by molar-refractivity contribution is -0.139. The first kappa shape index (κ1) is 22.2. The quantitative estimate of drug-likeness (QED) is 0.655. The minimum atomic E-state index is -0.669. The predicted octanol–water partition coefficient (Wildman–Crippen LogP) is 3.33. The molecule has 1 fully saturated rings. The molecule has 7 nitrogen and oxygen atoms in total. The van der Waals surface area contributed by atoms with Crippen molar-refractivity contribution in [2.75, 3.05) is 44.2 Å². The van der Waals surface area contributed by atoms with Gasteiger partial charge >= 0.3 is 12.0 Å². The molecule has 0 radical (unpaired) electrons. The van der Waals surface area contributed by atoms with E-state index < -0.39 is 12.0 Å². The highest BCUT2D eigenvalue weighted by atomic mass is 35.5. The average Bonchev–Trinajstić information content (AvgIpc) is 2.80. The number of carbonyl (C=O) groups excluding carboxylic acids is 2. The first-order chi connectivity index (χ1) is 15.6. The number of ether oxygens (including phenoxy) is 1. The highest BCUT2D eigenvalue weighted by Crippen LogP contribution is 2.32. The monoisotopic (exact) mass is 454 g/mol. The number of para-hydroxylation sites is 1. The van der Waals surface area contributed by atoms with Gasteiger partial charge in [-0.1, -0.05) is 48.0 Å². The molecule has 2 aromatic rings. The summed E-state index contributed by atoms with van der Waals surface area (Å²) >= 11 is 6.40. The van der Waals surface area contributed by atoms with Crippen molar-refractivity contribution in [3.63, 3.8) is 0 Å². The Hall–Kier alpha value is -3.03. The summed E-state index contributed by atoms with van der Waals surface area (Å²) in [5, 5.41) is 6.17. The number of hydrogen-bond donors (Lipinski definition) is 2. The Morgan fingerprint density at radius 1 is 1.06 bits per heavy atom. The standard InChI is InChI=1S/C24H27ClN4O3/c1-2-32-23(30)21-20(26-24(31)27-22(21)18-10-6-7-11-19(18)25)16-28-12-14-29(15-13-28)17-8-4-3-5-9-17/h3-11,22H,2,12-16H2,1H3,(H2,26,27,31). The summed E-state index contributed by atoms with van der Waals surface area (Å²) < 4.78 is 5.34. The Bertz CT molecular complexity index is 1000. The highest BCUT2D eigenvalue weighted by Gasteiger charge is 2.35. The Kier molecular flexibility index (Phi) is 6.97. The minimum Gasteiger partial charge on any atom is -0.463 e. The average molecular weight is 455 g/mol. The van der Waals surface area contributed by atoms with Crippen LogP contribution in [0, 0.1) is 0 Å². The van der Waals surface area contributed by atoms with E-state index in [9.17, 15) is 9.59 Å². The number of anilines is 1. The van der Waals surface area contributed by atoms with E-state index in [4.69, 9.17) is 16.3 Å². The molecule has 1 atom stereocenters. The SMILES string of the molecule is CCOC(=O)C1=C(CN2CCN(c3ccccc3)CC2)NC(=O)NC1c1ccccc1Cl. The number of esters is 1. The smallest absolute Gasteiger partial charge is 0.338 e. The molecular weight excluding hydrogens is 428 g/mol. The van der Waals surface area contributed by atoms with E-state index >= 15 is 0 Å². The number of hydrogen-bond acceptors (Lipinski definition) is 5. The third-order valence-corrected chi connectivity index (χ3v) is 6.08. The molecule has 1 saturated heterocycles. The van der Waals surface area contributed by atoms with Crippen molar-refractivity contribution < 1.29 is 14.3 Å². The van der Waals surface area contributed by atoms with E-state index in [1.165, 1.54) is 5.69 Å². The zero-order chi connectivity index (χ0) is 22.5. The summed E-state index contributed by atoms with van der Waals surface area (Å²) in [5.41, 5.74) is 2.82. The van der Waals surface area contributed by atoms with Crippen molar-refractivity contribution in [3.05, 3.63) is 76.5 Å². The second-order valence-corrected chi connectivity index (χ2v) is 8.17. The van der Waals surface area contributed by atoms with Gasteiger partial charge in [-0.05, 0) is 30.7 Å². The third kappa shape index (κ3) is 4.89. The maximum absolute atomic E-state index is 12.9. The second kappa shape index (κ2) is 10.1. The van der Waals surface area contributed by atoms with Crippen LogP contribution in [-0.4, -0.2) is 56.2 Å². The number of nitrogens with zero attached hydrogens (tertiary/aromatic N) is 2. The molecule has 8 heteroatoms. The number of rotatable bonds is 6. The Balaban J connectivity index is 1.57. The van der Waals surface area contributed by atoms with Gasteiger partial charge in [0.25, 0.3) is 0 Å². The Morgan fingerprint density at radius 3 is 2.44 bits per heavy atom. The zero-order valence-electron chi connectivity index (χ0n) is 18.0. The van der Waals surface area contributed by atoms with Gasteiger partial charge < -0.3 is 20.3 Å². The normalized spacial score (nSPS) is 19.4. The van der Waals surface area contributed by atoms with Crippen molar-refractivity contribution in [2.24, 2.45) is 0 Å². The molecule has 2 amide bonds. The predicted molar refractivity (Wildman–Crippen MR) is 125 cm³/mol. The van der Waals surface area contributed by atoms with Gasteiger partial charge in [-0.2, -0.15) is 0 Å². The molecule has 2 aliphatic heterocycles. The molecule has 2 N–H and O–H groups in total. The Morgan fingerprint density at radius 2 is 1.75 bits per heavy atom. The van der Waals surface area contributed by atoms with Gasteiger partial charge in [0.1, 0.15) is 0 Å². The van der Waals surface area contributed by atoms with Crippen LogP contribution in [0.5, 0.6) is 0 Å². The fourth-order valence-electron chi connectivity index (χ4n) is 4.16. The van der Waals surface area contributed by atoms with E-state index in [2.05, 4.69) is 32.6 Å². The van der Waals surface area contributed by atoms with Crippen LogP contribution < -0.4 is 15.5 Å². The summed E-state index contributed by atoms with van der Waals surface area (Å²) in [6.07, 6.45) is 0. The third-order valence-electron chi connectivity index (χ3n) is 5.74. The molecular formula is C24H27ClN4O3. The number of amides is 2. The number of urea groups is 1. The molecule has 168 valence electrons. The van der Waals surface area contributed by atoms with Crippen molar-refractivity contribution in [1.82, 2.24) is 15.5 Å². The van der Waals surface area contributed by atoms with E-state index in [0.717, 1.165) is 26.2 Å². The lowest BCUT2D eigenvalue weighted by Crippen LogP contribution is -2.51. The van der Waals surface area contributed by atoms with E-state index in [-0.39, 0.29) is 12.6 Å². The van der Waals surface area contributed by atoms with Gasteiger partial charge in [0.05, 0.1) is 18.2 Å². The van der Waals surface area contributed by atoms with Crippen LogP contribution in [-0.2, 0) is 9.53 Å². The van der Waals surface area contributed by atoms with Gasteiger partial charge in [-0.3, -0.25) is 4.90 Å². The van der Waals surface area contributed by atoms with Crippen molar-refractivity contribution in [1.29, 1.82) is 0 Å². The molecule has 0 aliphatic carbocycles. The lowest BCUT2D eigenvalue weighted by Gasteiger charge is -2.38. The number of nitrogens with one attached hydrogen (secondary N) is 2. The van der Waals surface area contributed by atoms with Gasteiger partial charge in [0.15, 0.2) is 0 Å². The molecule has 0 saturated carbocycles. The van der Waals surface area contributed by atoms with Crippen molar-refractivity contribution >= 4 is 29.3 Å². The second-order valence-electron chi connectivity index (χ2n) is 7.76. The summed E-state index contributed by atoms with van der Waals surface area (Å²) in [7, 11) is 0. The van der Waals surface area contributed by atoms with Crippen LogP contribution in [0.25, 0.3) is 0 Å². The topological polar surface area (TPSA) is 73.9 Å². The molecule has 0 spiro atoms. The van der Waals surface area contributed by atoms with Crippen LogP contribution >= 0.6 is 11.6 Å². The summed E-state index contributed by atoms with van der Waals surface area (Å²) in [6.45, 7) is 5.82. The van der Waals surface area contributed by atoms with Gasteiger partial charge in [-0.25, -0.2) is 9.59 Å². The number of halogens is 1. The molecule has 1 unspecified atom stereocenters. The summed E-state index contributed by atoms with van der Waals surface area (Å²) in [4.78, 5) is 30.0. The largest absolute Gasteiger partial charge is 0.463 e. The van der Waals surface area contributed by atoms with Gasteiger partial charge in [0, 0.05) is 49.1 Å². The maximum Gasteiger partial charge on any atom is 0.338 e. The van der Waals surface area contributed by atoms with Crippen LogP contribution in [0.15, 0.2) is 65.9 Å². The summed E-state index contributed by atoms with van der Waals surface area (Å²) in [6, 6.07) is 16.5. The molecule has 32 heavy (non-hydrogen) atoms. The first-order valence-corrected chi connectivity index (χ1v) is 11.2. The van der Waals surface area contributed by atoms with E-state index in [1.807, 2.05) is 36.4 Å². The van der Waals surface area contributed by atoms with E-state index in [0.29, 0.717) is 28.4 Å². The summed E-state index contributed by atoms with van der Waals surface area (Å²) in [5.74, 6) is -0.456. The van der Waals surface area contributed by atoms with E-state index in [1.54, 1.807) is 13.0 Å². The number of piperazine rings is 1. The molecule has 2 heterocycles. The lowest BCUT2D eigenvalue weighted by atomic mass is 9.94. The Labute approximate surface area is 193 Å². The fourth-order valence-corrected chi connectivity index (χ4v) is 4.41. The molecule has 4 rings (SSSR count). The van der Waals surface area contributed by atoms with Crippen LogP contribution in [0.3, 0.4) is 0 Å². The molecule has 2 aromatic carbocycles. The zero-order valence-corrected chi connectivity index (χ0v) is 18.8.